The SMILES string of the molecule is O=C(O)[C@H]1CCCN1Cc1c(-c2ccccc2)nc2ccccn12. The van der Waals surface area contributed by atoms with E-state index in [0.29, 0.717) is 13.0 Å². The zero-order valence-corrected chi connectivity index (χ0v) is 13.3. The van der Waals surface area contributed by atoms with Crippen LogP contribution in [0.1, 0.15) is 18.5 Å². The lowest BCUT2D eigenvalue weighted by atomic mass is 10.1. The van der Waals surface area contributed by atoms with Gasteiger partial charge in [0.05, 0.1) is 11.4 Å². The molecule has 0 unspecified atom stereocenters. The molecule has 0 aliphatic carbocycles. The predicted octanol–water partition coefficient (Wildman–Crippen LogP) is 3.05. The van der Waals surface area contributed by atoms with Gasteiger partial charge in [-0.1, -0.05) is 36.4 Å². The fourth-order valence-corrected chi connectivity index (χ4v) is 3.51. The zero-order valence-electron chi connectivity index (χ0n) is 13.3. The van der Waals surface area contributed by atoms with Gasteiger partial charge in [-0.25, -0.2) is 4.98 Å². The van der Waals surface area contributed by atoms with Crippen LogP contribution in [0.3, 0.4) is 0 Å². The van der Waals surface area contributed by atoms with E-state index < -0.39 is 12.0 Å². The number of rotatable bonds is 4. The van der Waals surface area contributed by atoms with E-state index in [4.69, 9.17) is 4.98 Å². The summed E-state index contributed by atoms with van der Waals surface area (Å²) in [5, 5.41) is 9.45. The molecular weight excluding hydrogens is 302 g/mol. The Morgan fingerprint density at radius 3 is 2.75 bits per heavy atom. The van der Waals surface area contributed by atoms with Crippen molar-refractivity contribution in [2.45, 2.75) is 25.4 Å². The number of aliphatic carboxylic acids is 1. The van der Waals surface area contributed by atoms with Crippen LogP contribution in [0.25, 0.3) is 16.9 Å². The van der Waals surface area contributed by atoms with E-state index in [2.05, 4.69) is 4.40 Å². The highest BCUT2D eigenvalue weighted by Crippen LogP contribution is 2.28. The van der Waals surface area contributed by atoms with Crippen molar-refractivity contribution < 1.29 is 9.90 Å². The van der Waals surface area contributed by atoms with Crippen molar-refractivity contribution >= 4 is 11.6 Å². The third-order valence-electron chi connectivity index (χ3n) is 4.68. The quantitative estimate of drug-likeness (QED) is 0.802. The number of fused-ring (bicyclic) bond motifs is 1. The largest absolute Gasteiger partial charge is 0.480 e. The number of aromatic nitrogens is 2. The maximum absolute atomic E-state index is 11.5. The minimum Gasteiger partial charge on any atom is -0.480 e. The summed E-state index contributed by atoms with van der Waals surface area (Å²) in [6, 6.07) is 15.6. The molecule has 1 fully saturated rings. The van der Waals surface area contributed by atoms with Gasteiger partial charge >= 0.3 is 5.97 Å². The highest BCUT2D eigenvalue weighted by Gasteiger charge is 2.31. The first-order valence-corrected chi connectivity index (χ1v) is 8.22. The number of hydrogen-bond acceptors (Lipinski definition) is 3. The van der Waals surface area contributed by atoms with E-state index in [-0.39, 0.29) is 0 Å². The third-order valence-corrected chi connectivity index (χ3v) is 4.68. The minimum atomic E-state index is -0.734. The topological polar surface area (TPSA) is 57.8 Å². The first-order valence-electron chi connectivity index (χ1n) is 8.22. The average Bonchev–Trinajstić information content (AvgIpc) is 3.21. The summed E-state index contributed by atoms with van der Waals surface area (Å²) in [4.78, 5) is 18.3. The number of benzene rings is 1. The number of pyridine rings is 1. The summed E-state index contributed by atoms with van der Waals surface area (Å²) in [5.41, 5.74) is 3.92. The van der Waals surface area contributed by atoms with Gasteiger partial charge in [0, 0.05) is 18.3 Å². The first kappa shape index (κ1) is 14.9. The van der Waals surface area contributed by atoms with Gasteiger partial charge in [0.25, 0.3) is 0 Å². The van der Waals surface area contributed by atoms with Gasteiger partial charge in [0.15, 0.2) is 0 Å². The summed E-state index contributed by atoms with van der Waals surface area (Å²) in [6.07, 6.45) is 3.64. The second-order valence-corrected chi connectivity index (χ2v) is 6.17. The van der Waals surface area contributed by atoms with Gasteiger partial charge in [-0.3, -0.25) is 9.69 Å². The van der Waals surface area contributed by atoms with Crippen molar-refractivity contribution in [2.24, 2.45) is 0 Å². The Balaban J connectivity index is 1.80. The average molecular weight is 321 g/mol. The van der Waals surface area contributed by atoms with Crippen LogP contribution >= 0.6 is 0 Å². The lowest BCUT2D eigenvalue weighted by Crippen LogP contribution is -2.35. The van der Waals surface area contributed by atoms with Crippen molar-refractivity contribution in [3.63, 3.8) is 0 Å². The summed E-state index contributed by atoms with van der Waals surface area (Å²) < 4.78 is 2.07. The molecule has 0 bridgehead atoms. The molecule has 1 N–H and O–H groups in total. The van der Waals surface area contributed by atoms with Crippen LogP contribution in [-0.2, 0) is 11.3 Å². The van der Waals surface area contributed by atoms with E-state index in [1.807, 2.05) is 59.6 Å². The van der Waals surface area contributed by atoms with Crippen molar-refractivity contribution in [1.29, 1.82) is 0 Å². The van der Waals surface area contributed by atoms with Crippen LogP contribution in [0.2, 0.25) is 0 Å². The standard InChI is InChI=1S/C19H19N3O2/c23-19(24)15-9-6-11-21(15)13-16-18(14-7-2-1-3-8-14)20-17-10-4-5-12-22(16)17/h1-5,7-8,10,12,15H,6,9,11,13H2,(H,23,24)/t15-/m1/s1. The molecule has 3 aromatic rings. The van der Waals surface area contributed by atoms with Crippen LogP contribution in [0, 0.1) is 0 Å². The van der Waals surface area contributed by atoms with Gasteiger partial charge in [0.1, 0.15) is 11.7 Å². The second kappa shape index (κ2) is 6.09. The Hall–Kier alpha value is -2.66. The van der Waals surface area contributed by atoms with Crippen molar-refractivity contribution in [2.75, 3.05) is 6.54 Å². The van der Waals surface area contributed by atoms with Crippen LogP contribution in [0.4, 0.5) is 0 Å². The number of carbonyl (C=O) groups is 1. The highest BCUT2D eigenvalue weighted by molar-refractivity contribution is 5.74. The molecule has 4 rings (SSSR count). The number of likely N-dealkylation sites (tertiary alicyclic amines) is 1. The Labute approximate surface area is 140 Å². The Morgan fingerprint density at radius 2 is 1.96 bits per heavy atom. The maximum Gasteiger partial charge on any atom is 0.320 e. The van der Waals surface area contributed by atoms with Crippen LogP contribution in [0.15, 0.2) is 54.7 Å². The monoisotopic (exact) mass is 321 g/mol. The van der Waals surface area contributed by atoms with Crippen LogP contribution in [-0.4, -0.2) is 37.9 Å². The molecule has 1 aliphatic heterocycles. The molecule has 0 spiro atoms. The molecular formula is C19H19N3O2. The van der Waals surface area contributed by atoms with E-state index in [0.717, 1.165) is 35.6 Å². The maximum atomic E-state index is 11.5. The fourth-order valence-electron chi connectivity index (χ4n) is 3.51. The third kappa shape index (κ3) is 2.57. The van der Waals surface area contributed by atoms with Crippen molar-refractivity contribution in [3.8, 4) is 11.3 Å². The van der Waals surface area contributed by atoms with E-state index in [9.17, 15) is 9.90 Å². The van der Waals surface area contributed by atoms with Gasteiger partial charge in [0.2, 0.25) is 0 Å². The lowest BCUT2D eigenvalue weighted by molar-refractivity contribution is -0.142. The second-order valence-electron chi connectivity index (χ2n) is 6.17. The van der Waals surface area contributed by atoms with Crippen LogP contribution in [0.5, 0.6) is 0 Å². The van der Waals surface area contributed by atoms with E-state index >= 15 is 0 Å². The molecule has 3 heterocycles. The minimum absolute atomic E-state index is 0.400. The van der Waals surface area contributed by atoms with Gasteiger partial charge < -0.3 is 9.51 Å². The molecule has 2 aromatic heterocycles. The molecule has 1 atom stereocenters. The molecule has 5 nitrogen and oxygen atoms in total. The number of imidazole rings is 1. The smallest absolute Gasteiger partial charge is 0.320 e. The molecule has 1 aromatic carbocycles. The molecule has 122 valence electrons. The number of hydrogen-bond donors (Lipinski definition) is 1. The Kier molecular flexibility index (Phi) is 3.78. The zero-order chi connectivity index (χ0) is 16.5. The Morgan fingerprint density at radius 1 is 1.17 bits per heavy atom. The highest BCUT2D eigenvalue weighted by atomic mass is 16.4. The Bertz CT molecular complexity index is 873. The van der Waals surface area contributed by atoms with Crippen molar-refractivity contribution in [1.82, 2.24) is 14.3 Å². The van der Waals surface area contributed by atoms with Crippen molar-refractivity contribution in [3.05, 3.63) is 60.4 Å². The number of carboxylic acids is 1. The molecule has 1 aliphatic rings. The molecule has 0 radical (unpaired) electrons. The first-order chi connectivity index (χ1) is 11.7. The van der Waals surface area contributed by atoms with Gasteiger partial charge in [-0.05, 0) is 31.5 Å². The lowest BCUT2D eigenvalue weighted by Gasteiger charge is -2.21. The summed E-state index contributed by atoms with van der Waals surface area (Å²) in [5.74, 6) is -0.734. The van der Waals surface area contributed by atoms with Gasteiger partial charge in [-0.15, -0.1) is 0 Å². The normalized spacial score (nSPS) is 18.2. The summed E-state index contributed by atoms with van der Waals surface area (Å²) in [7, 11) is 0. The summed E-state index contributed by atoms with van der Waals surface area (Å²) >= 11 is 0. The number of carboxylic acid groups (broad SMARTS) is 1. The predicted molar refractivity (Wildman–Crippen MR) is 91.7 cm³/mol. The molecule has 0 saturated carbocycles. The molecule has 1 saturated heterocycles. The molecule has 5 heteroatoms. The fraction of sp³-hybridized carbons (Fsp3) is 0.263. The van der Waals surface area contributed by atoms with E-state index in [1.165, 1.54) is 0 Å². The number of nitrogens with zero attached hydrogens (tertiary/aromatic N) is 3. The van der Waals surface area contributed by atoms with Crippen LogP contribution < -0.4 is 0 Å². The van der Waals surface area contributed by atoms with Gasteiger partial charge in [-0.2, -0.15) is 0 Å². The van der Waals surface area contributed by atoms with E-state index in [1.54, 1.807) is 0 Å². The summed E-state index contributed by atoms with van der Waals surface area (Å²) in [6.45, 7) is 1.40. The molecule has 24 heavy (non-hydrogen) atoms. The molecule has 0 amide bonds.